The summed E-state index contributed by atoms with van der Waals surface area (Å²) in [6.07, 6.45) is 3.07. The predicted molar refractivity (Wildman–Crippen MR) is 67.3 cm³/mol. The molecule has 5 nitrogen and oxygen atoms in total. The average Bonchev–Trinajstić information content (AvgIpc) is 2.59. The minimum absolute atomic E-state index is 0.0375. The highest BCUT2D eigenvalue weighted by molar-refractivity contribution is 8.01. The van der Waals surface area contributed by atoms with Gasteiger partial charge in [0.15, 0.2) is 4.34 Å². The zero-order valence-electron chi connectivity index (χ0n) is 9.43. The molecule has 1 N–H and O–H groups in total. The van der Waals surface area contributed by atoms with Gasteiger partial charge in [0.1, 0.15) is 5.78 Å². The van der Waals surface area contributed by atoms with Gasteiger partial charge in [-0.15, -0.1) is 10.2 Å². The van der Waals surface area contributed by atoms with Crippen molar-refractivity contribution in [2.45, 2.75) is 30.5 Å². The third-order valence-electron chi connectivity index (χ3n) is 2.51. The monoisotopic (exact) mass is 271 g/mol. The molecule has 1 aromatic rings. The number of aromatic nitrogens is 2. The van der Waals surface area contributed by atoms with Crippen molar-refractivity contribution < 1.29 is 9.59 Å². The van der Waals surface area contributed by atoms with E-state index in [1.54, 1.807) is 0 Å². The fourth-order valence-corrected chi connectivity index (χ4v) is 2.91. The highest BCUT2D eigenvalue weighted by atomic mass is 32.2. The van der Waals surface area contributed by atoms with Crippen molar-refractivity contribution in [1.82, 2.24) is 10.2 Å². The molecule has 0 spiro atoms. The van der Waals surface area contributed by atoms with Crippen LogP contribution in [0, 0.1) is 5.92 Å². The number of ketones is 1. The van der Waals surface area contributed by atoms with E-state index in [0.29, 0.717) is 15.2 Å². The van der Waals surface area contributed by atoms with Gasteiger partial charge >= 0.3 is 0 Å². The van der Waals surface area contributed by atoms with Crippen LogP contribution in [-0.2, 0) is 9.59 Å². The van der Waals surface area contributed by atoms with Gasteiger partial charge in [0.25, 0.3) is 0 Å². The van der Waals surface area contributed by atoms with Crippen molar-refractivity contribution in [2.24, 2.45) is 5.92 Å². The molecule has 1 aliphatic rings. The highest BCUT2D eigenvalue weighted by Crippen LogP contribution is 2.29. The summed E-state index contributed by atoms with van der Waals surface area (Å²) in [6.45, 7) is 1.54. The molecule has 1 aromatic heterocycles. The molecule has 1 aliphatic carbocycles. The molecule has 7 heteroatoms. The maximum Gasteiger partial charge on any atom is 0.229 e. The first kappa shape index (κ1) is 12.5. The minimum Gasteiger partial charge on any atom is -0.300 e. The molecule has 0 bridgehead atoms. The summed E-state index contributed by atoms with van der Waals surface area (Å²) in [4.78, 5) is 22.4. The van der Waals surface area contributed by atoms with Crippen molar-refractivity contribution in [1.29, 1.82) is 0 Å². The molecule has 0 unspecified atom stereocenters. The van der Waals surface area contributed by atoms with E-state index in [4.69, 9.17) is 0 Å². The van der Waals surface area contributed by atoms with Crippen molar-refractivity contribution in [3.05, 3.63) is 0 Å². The predicted octanol–water partition coefficient (Wildman–Crippen LogP) is 1.96. The lowest BCUT2D eigenvalue weighted by atomic mass is 9.85. The lowest BCUT2D eigenvalue weighted by molar-refractivity contribution is -0.122. The van der Waals surface area contributed by atoms with Crippen LogP contribution in [-0.4, -0.2) is 27.6 Å². The van der Waals surface area contributed by atoms with Crippen molar-refractivity contribution >= 4 is 39.9 Å². The molecular formula is C10H13N3O2S2. The van der Waals surface area contributed by atoms with E-state index >= 15 is 0 Å². The second-order valence-electron chi connectivity index (χ2n) is 3.98. The smallest absolute Gasteiger partial charge is 0.229 e. The molecular weight excluding hydrogens is 258 g/mol. The number of hydrogen-bond donors (Lipinski definition) is 1. The molecule has 92 valence electrons. The molecule has 0 aromatic carbocycles. The van der Waals surface area contributed by atoms with E-state index in [1.165, 1.54) is 30.0 Å². The fourth-order valence-electron chi connectivity index (χ4n) is 1.36. The van der Waals surface area contributed by atoms with Crippen LogP contribution in [0.4, 0.5) is 5.13 Å². The number of anilines is 1. The van der Waals surface area contributed by atoms with Gasteiger partial charge in [-0.2, -0.15) is 0 Å². The Morgan fingerprint density at radius 3 is 2.82 bits per heavy atom. The number of nitrogens with one attached hydrogen (secondary N) is 1. The molecule has 1 fully saturated rings. The van der Waals surface area contributed by atoms with E-state index in [-0.39, 0.29) is 17.6 Å². The van der Waals surface area contributed by atoms with Crippen molar-refractivity contribution in [3.8, 4) is 0 Å². The van der Waals surface area contributed by atoms with E-state index in [1.807, 2.05) is 0 Å². The lowest BCUT2D eigenvalue weighted by Gasteiger charge is -2.23. The second kappa shape index (κ2) is 5.59. The van der Waals surface area contributed by atoms with Crippen LogP contribution in [0.5, 0.6) is 0 Å². The number of Topliss-reactive ketones (excluding diaryl/α,β-unsaturated/α-hetero) is 1. The molecule has 0 radical (unpaired) electrons. The second-order valence-corrected chi connectivity index (χ2v) is 6.18. The molecule has 0 atom stereocenters. The molecule has 0 saturated heterocycles. The third kappa shape index (κ3) is 3.50. The van der Waals surface area contributed by atoms with Gasteiger partial charge in [0.05, 0.1) is 5.75 Å². The van der Waals surface area contributed by atoms with E-state index in [0.717, 1.165) is 19.3 Å². The van der Waals surface area contributed by atoms with Crippen LogP contribution in [0.3, 0.4) is 0 Å². The quantitative estimate of drug-likeness (QED) is 0.654. The summed E-state index contributed by atoms with van der Waals surface area (Å²) < 4.78 is 0.712. The molecule has 17 heavy (non-hydrogen) atoms. The van der Waals surface area contributed by atoms with E-state index in [9.17, 15) is 9.59 Å². The van der Waals surface area contributed by atoms with Gasteiger partial charge in [-0.25, -0.2) is 0 Å². The maximum absolute atomic E-state index is 11.6. The number of nitrogens with zero attached hydrogens (tertiary/aromatic N) is 2. The zero-order chi connectivity index (χ0) is 12.3. The van der Waals surface area contributed by atoms with Crippen LogP contribution >= 0.6 is 23.1 Å². The molecule has 2 rings (SSSR count). The molecule has 0 aliphatic heterocycles. The Bertz CT molecular complexity index is 429. The minimum atomic E-state index is 0.0375. The summed E-state index contributed by atoms with van der Waals surface area (Å²) in [6, 6.07) is 0. The molecule has 1 heterocycles. The summed E-state index contributed by atoms with van der Waals surface area (Å²) in [5.74, 6) is 0.679. The van der Waals surface area contributed by atoms with Gasteiger partial charge in [-0.1, -0.05) is 29.5 Å². The first-order chi connectivity index (χ1) is 8.15. The summed E-state index contributed by atoms with van der Waals surface area (Å²) in [7, 11) is 0. The Labute approximate surface area is 107 Å². The fraction of sp³-hybridized carbons (Fsp3) is 0.600. The number of hydrogen-bond acceptors (Lipinski definition) is 6. The van der Waals surface area contributed by atoms with Crippen LogP contribution in [0.25, 0.3) is 0 Å². The van der Waals surface area contributed by atoms with Crippen molar-refractivity contribution in [3.63, 3.8) is 0 Å². The summed E-state index contributed by atoms with van der Waals surface area (Å²) in [5.41, 5.74) is 0. The summed E-state index contributed by atoms with van der Waals surface area (Å²) >= 11 is 2.66. The average molecular weight is 271 g/mol. The van der Waals surface area contributed by atoms with Gasteiger partial charge in [0.2, 0.25) is 11.0 Å². The van der Waals surface area contributed by atoms with Gasteiger partial charge in [-0.3, -0.25) is 9.59 Å². The van der Waals surface area contributed by atoms with E-state index in [2.05, 4.69) is 15.5 Å². The Morgan fingerprint density at radius 1 is 1.47 bits per heavy atom. The Balaban J connectivity index is 1.84. The topological polar surface area (TPSA) is 72.0 Å². The van der Waals surface area contributed by atoms with Crippen LogP contribution < -0.4 is 5.32 Å². The van der Waals surface area contributed by atoms with Crippen LogP contribution in [0.2, 0.25) is 0 Å². The van der Waals surface area contributed by atoms with Gasteiger partial charge in [0, 0.05) is 5.92 Å². The highest BCUT2D eigenvalue weighted by Gasteiger charge is 2.25. The first-order valence-corrected chi connectivity index (χ1v) is 7.22. The van der Waals surface area contributed by atoms with E-state index < -0.39 is 0 Å². The zero-order valence-corrected chi connectivity index (χ0v) is 11.1. The first-order valence-electron chi connectivity index (χ1n) is 5.42. The Morgan fingerprint density at radius 2 is 2.24 bits per heavy atom. The lowest BCUT2D eigenvalue weighted by Crippen LogP contribution is -2.27. The number of amides is 1. The van der Waals surface area contributed by atoms with Crippen molar-refractivity contribution in [2.75, 3.05) is 11.1 Å². The van der Waals surface area contributed by atoms with Gasteiger partial charge < -0.3 is 5.32 Å². The molecule has 1 amide bonds. The SMILES string of the molecule is CC(=O)CSc1nnc(NC(=O)C2CCC2)s1. The van der Waals surface area contributed by atoms with Gasteiger partial charge in [-0.05, 0) is 19.8 Å². The number of carbonyl (C=O) groups excluding carboxylic acids is 2. The number of rotatable bonds is 5. The number of thioether (sulfide) groups is 1. The third-order valence-corrected chi connectivity index (χ3v) is 4.63. The largest absolute Gasteiger partial charge is 0.300 e. The Hall–Kier alpha value is -0.950. The number of carbonyl (C=O) groups is 2. The standard InChI is InChI=1S/C10H13N3O2S2/c1-6(14)5-16-10-13-12-9(17-10)11-8(15)7-3-2-4-7/h7H,2-5H2,1H3,(H,11,12,15). The normalized spacial score (nSPS) is 15.4. The Kier molecular flexibility index (Phi) is 4.11. The summed E-state index contributed by atoms with van der Waals surface area (Å²) in [5, 5.41) is 11.1. The van der Waals surface area contributed by atoms with Crippen LogP contribution in [0.1, 0.15) is 26.2 Å². The van der Waals surface area contributed by atoms with Crippen LogP contribution in [0.15, 0.2) is 4.34 Å². The molecule has 1 saturated carbocycles. The maximum atomic E-state index is 11.6.